The molecule has 2 aromatic heterocycles. The molecule has 6 N–H and O–H groups in total. The Balaban J connectivity index is 1.36. The Morgan fingerprint density at radius 2 is 2.19 bits per heavy atom. The van der Waals surface area contributed by atoms with Crippen molar-refractivity contribution in [3.05, 3.63) is 29.2 Å². The summed E-state index contributed by atoms with van der Waals surface area (Å²) >= 11 is 1.10. The number of amidine groups is 1. The molecule has 2 aromatic rings. The van der Waals surface area contributed by atoms with Gasteiger partial charge in [-0.15, -0.1) is 11.3 Å². The molecule has 2 saturated heterocycles. The molecule has 0 aromatic carbocycles. The van der Waals surface area contributed by atoms with Gasteiger partial charge < -0.3 is 26.4 Å². The van der Waals surface area contributed by atoms with Crippen LogP contribution in [-0.4, -0.2) is 71.0 Å². The topological polar surface area (TPSA) is 212 Å². The van der Waals surface area contributed by atoms with E-state index in [-0.39, 0.29) is 47.2 Å². The quantitative estimate of drug-likeness (QED) is 0.0800. The van der Waals surface area contributed by atoms with Crippen molar-refractivity contribution in [2.45, 2.75) is 17.8 Å². The van der Waals surface area contributed by atoms with E-state index >= 15 is 0 Å². The minimum absolute atomic E-state index is 0.0266. The van der Waals surface area contributed by atoms with E-state index < -0.39 is 33.7 Å². The number of rotatable bonds is 9. The van der Waals surface area contributed by atoms with Crippen LogP contribution in [0.2, 0.25) is 0 Å². The highest BCUT2D eigenvalue weighted by Gasteiger charge is 2.78. The Morgan fingerprint density at radius 1 is 1.41 bits per heavy atom. The van der Waals surface area contributed by atoms with E-state index in [1.54, 1.807) is 6.92 Å². The molecule has 2 amide bonds. The molecular weight excluding hydrogens is 462 g/mol. The number of aromatic nitrogens is 3. The van der Waals surface area contributed by atoms with Crippen molar-refractivity contribution in [3.63, 3.8) is 0 Å². The highest BCUT2D eigenvalue weighted by Crippen LogP contribution is 2.52. The molecule has 2 aliphatic heterocycles. The van der Waals surface area contributed by atoms with Crippen LogP contribution in [0.15, 0.2) is 22.9 Å². The van der Waals surface area contributed by atoms with Gasteiger partial charge in [-0.25, -0.2) is 23.5 Å². The van der Waals surface area contributed by atoms with Gasteiger partial charge in [-0.2, -0.15) is 0 Å². The first-order valence-corrected chi connectivity index (χ1v) is 11.0. The van der Waals surface area contributed by atoms with Gasteiger partial charge in [-0.3, -0.25) is 15.0 Å². The Hall–Kier alpha value is -3.66. The number of nitrogens with one attached hydrogen (secondary N) is 2. The lowest BCUT2D eigenvalue weighted by Gasteiger charge is -2.29. The molecule has 1 unspecified atom stereocenters. The summed E-state index contributed by atoms with van der Waals surface area (Å²) in [6.07, 6.45) is 2.60. The van der Waals surface area contributed by atoms with E-state index in [1.807, 2.05) is 0 Å². The number of thiazole rings is 1. The van der Waals surface area contributed by atoms with Gasteiger partial charge in [0.1, 0.15) is 29.9 Å². The van der Waals surface area contributed by atoms with Crippen molar-refractivity contribution >= 4 is 50.8 Å². The van der Waals surface area contributed by atoms with Gasteiger partial charge in [0.05, 0.1) is 12.4 Å². The highest BCUT2D eigenvalue weighted by molar-refractivity contribution is 7.92. The van der Waals surface area contributed by atoms with Gasteiger partial charge in [0.25, 0.3) is 11.8 Å². The van der Waals surface area contributed by atoms with Crippen LogP contribution < -0.4 is 21.5 Å². The first-order valence-electron chi connectivity index (χ1n) is 9.01. The molecule has 14 nitrogen and oxygen atoms in total. The molecule has 2 aliphatic rings. The zero-order chi connectivity index (χ0) is 23.0. The number of hydrogen-bond acceptors (Lipinski definition) is 12. The molecule has 4 heterocycles. The predicted octanol–water partition coefficient (Wildman–Crippen LogP) is -1.68. The lowest BCUT2D eigenvalue weighted by Crippen LogP contribution is -2.62. The van der Waals surface area contributed by atoms with Crippen molar-refractivity contribution in [3.8, 4) is 5.88 Å². The van der Waals surface area contributed by atoms with Crippen LogP contribution in [0.3, 0.4) is 0 Å². The molecule has 0 aliphatic carbocycles. The fourth-order valence-corrected chi connectivity index (χ4v) is 4.85. The number of amides is 2. The molecule has 16 heteroatoms. The first-order chi connectivity index (χ1) is 15.2. The van der Waals surface area contributed by atoms with Gasteiger partial charge in [-0.1, -0.05) is 5.16 Å². The third-order valence-electron chi connectivity index (χ3n) is 4.61. The molecular formula is C16H17N9O5S2. The number of ether oxygens (including phenoxy) is 1. The summed E-state index contributed by atoms with van der Waals surface area (Å²) in [4.78, 5) is 40.9. The number of anilines is 1. The lowest BCUT2D eigenvalue weighted by atomic mass is 10.0. The van der Waals surface area contributed by atoms with Gasteiger partial charge >= 0.3 is 0 Å². The van der Waals surface area contributed by atoms with Gasteiger partial charge in [0.2, 0.25) is 5.88 Å². The van der Waals surface area contributed by atoms with Gasteiger partial charge in [-0.05, 0) is 6.92 Å². The summed E-state index contributed by atoms with van der Waals surface area (Å²) in [6.45, 7) is 1.59. The smallest absolute Gasteiger partial charge is 0.276 e. The minimum atomic E-state index is -1.45. The standard InChI is InChI=1S/C16H17N9O5S2/c1-16-11(14(27)25(16)32(16)28)23-13(26)10(8-6-31-15(19)22-8)24-30-3-2-29-9-5-20-7(4-21-9)12(17)18/h4-6,11H,2-3H2,1H3,(H3,17,18)(H2,19,22)(H,23,26)/b24-10-/t11-,16-,25?,32?/m0/s1. The maximum absolute atomic E-state index is 12.7. The number of nitrogens with two attached hydrogens (primary N) is 2. The number of hydrogen-bond donors (Lipinski definition) is 4. The number of nitrogen functional groups attached to an aromatic ring is 2. The van der Waals surface area contributed by atoms with E-state index in [2.05, 4.69) is 25.4 Å². The Kier molecular flexibility index (Phi) is 5.47. The summed E-state index contributed by atoms with van der Waals surface area (Å²) < 4.78 is 18.3. The fourth-order valence-electron chi connectivity index (χ4n) is 2.88. The van der Waals surface area contributed by atoms with E-state index in [0.717, 1.165) is 11.3 Å². The number of fused-ring (bicyclic) bond motifs is 1. The van der Waals surface area contributed by atoms with Crippen molar-refractivity contribution < 1.29 is 23.4 Å². The summed E-state index contributed by atoms with van der Waals surface area (Å²) in [7, 11) is -1.45. The van der Waals surface area contributed by atoms with Crippen LogP contribution >= 0.6 is 11.3 Å². The van der Waals surface area contributed by atoms with Crippen LogP contribution in [0.1, 0.15) is 18.3 Å². The number of carbonyl (C=O) groups excluding carboxylic acids is 2. The summed E-state index contributed by atoms with van der Waals surface area (Å²) in [6, 6.07) is -0.920. The monoisotopic (exact) mass is 479 g/mol. The van der Waals surface area contributed by atoms with E-state index in [4.69, 9.17) is 26.5 Å². The number of β-lactam (4-membered cyclic amide) rings is 1. The minimum Gasteiger partial charge on any atom is -0.473 e. The normalized spacial score (nSPS) is 23.7. The Bertz CT molecular complexity index is 1150. The number of oxime groups is 1. The van der Waals surface area contributed by atoms with Crippen molar-refractivity contribution in [1.82, 2.24) is 24.6 Å². The highest BCUT2D eigenvalue weighted by atomic mass is 32.2. The lowest BCUT2D eigenvalue weighted by molar-refractivity contribution is -0.139. The fraction of sp³-hybridized carbons (Fsp3) is 0.312. The molecule has 2 fully saturated rings. The largest absolute Gasteiger partial charge is 0.473 e. The average molecular weight is 480 g/mol. The van der Waals surface area contributed by atoms with Crippen LogP contribution in [-0.2, 0) is 25.4 Å². The molecule has 168 valence electrons. The summed E-state index contributed by atoms with van der Waals surface area (Å²) in [5.41, 5.74) is 11.1. The maximum atomic E-state index is 12.7. The second-order valence-corrected chi connectivity index (χ2v) is 9.27. The average Bonchev–Trinajstić information content (AvgIpc) is 3.02. The zero-order valence-electron chi connectivity index (χ0n) is 16.5. The van der Waals surface area contributed by atoms with Crippen molar-refractivity contribution in [2.24, 2.45) is 10.9 Å². The van der Waals surface area contributed by atoms with Gasteiger partial charge in [0, 0.05) is 5.38 Å². The van der Waals surface area contributed by atoms with Gasteiger partial charge in [0.15, 0.2) is 33.3 Å². The first kappa shape index (κ1) is 21.6. The van der Waals surface area contributed by atoms with E-state index in [0.29, 0.717) is 0 Å². The maximum Gasteiger partial charge on any atom is 0.276 e. The molecule has 0 spiro atoms. The van der Waals surface area contributed by atoms with Crippen LogP contribution in [0.5, 0.6) is 5.88 Å². The second-order valence-electron chi connectivity index (χ2n) is 6.69. The summed E-state index contributed by atoms with van der Waals surface area (Å²) in [5, 5.41) is 15.4. The Morgan fingerprint density at radius 3 is 2.75 bits per heavy atom. The number of nitrogens with zero attached hydrogens (tertiary/aromatic N) is 5. The summed E-state index contributed by atoms with van der Waals surface area (Å²) in [5.74, 6) is -1.17. The second kappa shape index (κ2) is 8.12. The van der Waals surface area contributed by atoms with Crippen molar-refractivity contribution in [1.29, 1.82) is 5.41 Å². The molecule has 32 heavy (non-hydrogen) atoms. The molecule has 0 radical (unpaired) electrons. The number of carbonyl (C=O) groups is 2. The third kappa shape index (κ3) is 3.73. The predicted molar refractivity (Wildman–Crippen MR) is 113 cm³/mol. The van der Waals surface area contributed by atoms with Crippen LogP contribution in [0.4, 0.5) is 5.13 Å². The zero-order valence-corrected chi connectivity index (χ0v) is 18.1. The SMILES string of the molecule is C[C@]12[C@@H](NC(=O)/C(=N\OCCOc3cnc(C(=N)N)cn3)c3csc(N)n3)C(=O)N1S2=O. The van der Waals surface area contributed by atoms with Crippen molar-refractivity contribution in [2.75, 3.05) is 18.9 Å². The Labute approximate surface area is 187 Å². The van der Waals surface area contributed by atoms with Crippen LogP contribution in [0, 0.1) is 5.41 Å². The molecule has 4 rings (SSSR count). The molecule has 0 saturated carbocycles. The van der Waals surface area contributed by atoms with E-state index in [1.165, 1.54) is 22.1 Å². The third-order valence-corrected chi connectivity index (χ3v) is 7.13. The molecule has 3 atom stereocenters. The molecule has 0 bridgehead atoms. The van der Waals surface area contributed by atoms with Crippen LogP contribution in [0.25, 0.3) is 0 Å². The van der Waals surface area contributed by atoms with E-state index in [9.17, 15) is 13.8 Å².